The maximum atomic E-state index is 12.3. The Kier molecular flexibility index (Phi) is 11.2. The molecular weight excluding hydrogens is 324 g/mol. The molecule has 0 bridgehead atoms. The summed E-state index contributed by atoms with van der Waals surface area (Å²) in [6.45, 7) is 13.6. The van der Waals surface area contributed by atoms with Gasteiger partial charge < -0.3 is 14.2 Å². The van der Waals surface area contributed by atoms with Crippen molar-refractivity contribution in [3.63, 3.8) is 0 Å². The van der Waals surface area contributed by atoms with Gasteiger partial charge in [-0.1, -0.05) is 39.8 Å². The average molecular weight is 354 g/mol. The van der Waals surface area contributed by atoms with Crippen molar-refractivity contribution in [2.75, 3.05) is 13.2 Å². The molecule has 0 aliphatic rings. The van der Waals surface area contributed by atoms with Crippen LogP contribution in [0.5, 0.6) is 0 Å². The van der Waals surface area contributed by atoms with Crippen LogP contribution >= 0.6 is 0 Å². The number of rotatable bonds is 12. The van der Waals surface area contributed by atoms with E-state index in [1.165, 1.54) is 13.8 Å². The molecule has 0 rings (SSSR count). The van der Waals surface area contributed by atoms with Gasteiger partial charge in [-0.3, -0.25) is 4.79 Å². The molecule has 0 saturated heterocycles. The summed E-state index contributed by atoms with van der Waals surface area (Å²) in [7, 11) is 0. The van der Waals surface area contributed by atoms with E-state index in [4.69, 9.17) is 14.2 Å². The van der Waals surface area contributed by atoms with E-state index in [1.807, 2.05) is 6.92 Å². The molecule has 0 aromatic rings. The molecule has 142 valence electrons. The van der Waals surface area contributed by atoms with Crippen molar-refractivity contribution in [2.24, 2.45) is 5.92 Å². The molecule has 6 heteroatoms. The third kappa shape index (κ3) is 9.69. The van der Waals surface area contributed by atoms with Crippen LogP contribution in [0.2, 0.25) is 0 Å². The van der Waals surface area contributed by atoms with Crippen molar-refractivity contribution in [1.29, 1.82) is 0 Å². The van der Waals surface area contributed by atoms with Crippen LogP contribution in [0.15, 0.2) is 24.3 Å². The highest BCUT2D eigenvalue weighted by Gasteiger charge is 2.24. The minimum Gasteiger partial charge on any atom is -0.458 e. The fraction of sp³-hybridized carbons (Fsp3) is 0.632. The molecule has 0 aliphatic heterocycles. The highest BCUT2D eigenvalue weighted by molar-refractivity contribution is 5.87. The van der Waals surface area contributed by atoms with Crippen molar-refractivity contribution in [3.05, 3.63) is 24.3 Å². The van der Waals surface area contributed by atoms with E-state index in [0.717, 1.165) is 19.3 Å². The summed E-state index contributed by atoms with van der Waals surface area (Å²) in [6, 6.07) is 0. The Balaban J connectivity index is 4.81. The summed E-state index contributed by atoms with van der Waals surface area (Å²) in [5.41, 5.74) is 0.469. The maximum absolute atomic E-state index is 12.3. The van der Waals surface area contributed by atoms with Crippen LogP contribution in [-0.4, -0.2) is 37.2 Å². The zero-order valence-electron chi connectivity index (χ0n) is 15.8. The molecule has 0 heterocycles. The lowest BCUT2D eigenvalue weighted by atomic mass is 10.00. The third-order valence-electron chi connectivity index (χ3n) is 3.51. The van der Waals surface area contributed by atoms with Gasteiger partial charge in [0.25, 0.3) is 0 Å². The average Bonchev–Trinajstić information content (AvgIpc) is 2.56. The smallest absolute Gasteiger partial charge is 0.333 e. The van der Waals surface area contributed by atoms with E-state index in [2.05, 4.69) is 20.1 Å². The van der Waals surface area contributed by atoms with Gasteiger partial charge in [-0.05, 0) is 26.7 Å². The second-order valence-electron chi connectivity index (χ2n) is 6.06. The first kappa shape index (κ1) is 22.9. The summed E-state index contributed by atoms with van der Waals surface area (Å²) in [4.78, 5) is 35.4. The summed E-state index contributed by atoms with van der Waals surface area (Å²) < 4.78 is 15.5. The van der Waals surface area contributed by atoms with E-state index in [9.17, 15) is 14.4 Å². The number of carbonyl (C=O) groups is 3. The first-order valence-corrected chi connectivity index (χ1v) is 8.58. The lowest BCUT2D eigenvalue weighted by Gasteiger charge is -2.21. The molecule has 0 aliphatic carbocycles. The van der Waals surface area contributed by atoms with Crippen LogP contribution < -0.4 is 0 Å². The highest BCUT2D eigenvalue weighted by atomic mass is 16.6. The summed E-state index contributed by atoms with van der Waals surface area (Å²) >= 11 is 0. The fourth-order valence-electron chi connectivity index (χ4n) is 1.90. The third-order valence-corrected chi connectivity index (χ3v) is 3.51. The first-order chi connectivity index (χ1) is 11.7. The predicted molar refractivity (Wildman–Crippen MR) is 94.7 cm³/mol. The Morgan fingerprint density at radius 2 is 1.40 bits per heavy atom. The van der Waals surface area contributed by atoms with Gasteiger partial charge in [0.1, 0.15) is 13.2 Å². The van der Waals surface area contributed by atoms with Gasteiger partial charge in [0, 0.05) is 11.1 Å². The molecule has 0 amide bonds. The van der Waals surface area contributed by atoms with Crippen LogP contribution in [-0.2, 0) is 28.6 Å². The predicted octanol–water partition coefficient (Wildman–Crippen LogP) is 3.35. The minimum absolute atomic E-state index is 0.203. The van der Waals surface area contributed by atoms with Gasteiger partial charge in [0.15, 0.2) is 6.10 Å². The zero-order chi connectivity index (χ0) is 19.4. The molecule has 0 radical (unpaired) electrons. The van der Waals surface area contributed by atoms with Crippen molar-refractivity contribution in [2.45, 2.75) is 59.5 Å². The SMILES string of the molecule is C=C(C)C(=O)OCC(COC(=O)C(=C)C)OC(=O)C(CC)CCCC. The quantitative estimate of drug-likeness (QED) is 0.304. The van der Waals surface area contributed by atoms with Crippen LogP contribution in [0.3, 0.4) is 0 Å². The molecule has 25 heavy (non-hydrogen) atoms. The Labute approximate surface area is 150 Å². The second-order valence-corrected chi connectivity index (χ2v) is 6.06. The topological polar surface area (TPSA) is 78.9 Å². The summed E-state index contributed by atoms with van der Waals surface area (Å²) in [5, 5.41) is 0. The Morgan fingerprint density at radius 1 is 0.920 bits per heavy atom. The summed E-state index contributed by atoms with van der Waals surface area (Å²) in [5.74, 6) is -1.79. The Bertz CT molecular complexity index is 464. The number of hydrogen-bond donors (Lipinski definition) is 0. The molecule has 0 N–H and O–H groups in total. The van der Waals surface area contributed by atoms with Crippen molar-refractivity contribution in [3.8, 4) is 0 Å². The minimum atomic E-state index is -0.866. The number of hydrogen-bond acceptors (Lipinski definition) is 6. The molecule has 1 unspecified atom stereocenters. The van der Waals surface area contributed by atoms with E-state index in [1.54, 1.807) is 0 Å². The summed E-state index contributed by atoms with van der Waals surface area (Å²) in [6.07, 6.45) is 2.43. The van der Waals surface area contributed by atoms with Crippen LogP contribution in [0, 0.1) is 5.92 Å². The Morgan fingerprint density at radius 3 is 1.76 bits per heavy atom. The molecule has 6 nitrogen and oxygen atoms in total. The number of esters is 3. The molecule has 0 spiro atoms. The van der Waals surface area contributed by atoms with Crippen molar-refractivity contribution in [1.82, 2.24) is 0 Å². The molecule has 0 aromatic carbocycles. The second kappa shape index (κ2) is 12.3. The molecular formula is C19H30O6. The number of unbranched alkanes of at least 4 members (excludes halogenated alkanes) is 1. The number of ether oxygens (including phenoxy) is 3. The normalized spacial score (nSPS) is 11.6. The zero-order valence-corrected chi connectivity index (χ0v) is 15.8. The van der Waals surface area contributed by atoms with Gasteiger partial charge in [-0.15, -0.1) is 0 Å². The van der Waals surface area contributed by atoms with Crippen molar-refractivity contribution >= 4 is 17.9 Å². The van der Waals surface area contributed by atoms with E-state index < -0.39 is 18.0 Å². The molecule has 0 saturated carbocycles. The lowest BCUT2D eigenvalue weighted by molar-refractivity contribution is -0.168. The van der Waals surface area contributed by atoms with Gasteiger partial charge >= 0.3 is 17.9 Å². The van der Waals surface area contributed by atoms with Gasteiger partial charge in [-0.2, -0.15) is 0 Å². The molecule has 0 aromatic heterocycles. The van der Waals surface area contributed by atoms with E-state index in [0.29, 0.717) is 6.42 Å². The number of carbonyl (C=O) groups excluding carboxylic acids is 3. The maximum Gasteiger partial charge on any atom is 0.333 e. The van der Waals surface area contributed by atoms with Crippen LogP contribution in [0.25, 0.3) is 0 Å². The largest absolute Gasteiger partial charge is 0.458 e. The first-order valence-electron chi connectivity index (χ1n) is 8.58. The standard InChI is InChI=1S/C19H30O6/c1-7-9-10-15(8-2)19(22)25-16(11-23-17(20)13(3)4)12-24-18(21)14(5)6/h15-16H,3,5,7-12H2,1-2,4,6H3. The van der Waals surface area contributed by atoms with E-state index in [-0.39, 0.29) is 36.2 Å². The van der Waals surface area contributed by atoms with Gasteiger partial charge in [0.2, 0.25) is 0 Å². The molecule has 1 atom stereocenters. The molecule has 0 fully saturated rings. The monoisotopic (exact) mass is 354 g/mol. The van der Waals surface area contributed by atoms with Gasteiger partial charge in [-0.25, -0.2) is 9.59 Å². The van der Waals surface area contributed by atoms with E-state index >= 15 is 0 Å². The van der Waals surface area contributed by atoms with Gasteiger partial charge in [0.05, 0.1) is 5.92 Å². The Hall–Kier alpha value is -2.11. The fourth-order valence-corrected chi connectivity index (χ4v) is 1.90. The van der Waals surface area contributed by atoms with Crippen LogP contribution in [0.1, 0.15) is 53.4 Å². The lowest BCUT2D eigenvalue weighted by Crippen LogP contribution is -2.33. The van der Waals surface area contributed by atoms with Crippen LogP contribution in [0.4, 0.5) is 0 Å². The van der Waals surface area contributed by atoms with Crippen molar-refractivity contribution < 1.29 is 28.6 Å². The highest BCUT2D eigenvalue weighted by Crippen LogP contribution is 2.16.